The molecule has 124 valence electrons. The van der Waals surface area contributed by atoms with E-state index >= 15 is 0 Å². The Balaban J connectivity index is 2.92. The lowest BCUT2D eigenvalue weighted by molar-refractivity contribution is -0.124. The van der Waals surface area contributed by atoms with E-state index in [0.29, 0.717) is 5.56 Å². The van der Waals surface area contributed by atoms with Crippen molar-refractivity contribution in [2.75, 3.05) is 6.26 Å². The van der Waals surface area contributed by atoms with Crippen molar-refractivity contribution in [3.05, 3.63) is 48.0 Å². The smallest absolute Gasteiger partial charge is 0.259 e. The molecule has 3 N–H and O–H groups in total. The van der Waals surface area contributed by atoms with Crippen LogP contribution in [-0.4, -0.2) is 20.6 Å². The molecule has 1 amide bonds. The predicted molar refractivity (Wildman–Crippen MR) is 92.3 cm³/mol. The number of sulfone groups is 1. The number of amides is 1. The van der Waals surface area contributed by atoms with Gasteiger partial charge >= 0.3 is 0 Å². The van der Waals surface area contributed by atoms with Crippen LogP contribution >= 0.6 is 0 Å². The molecule has 1 unspecified atom stereocenters. The number of fused-ring (bicyclic) bond motifs is 1. The summed E-state index contributed by atoms with van der Waals surface area (Å²) in [5.41, 5.74) is 2.53. The van der Waals surface area contributed by atoms with E-state index in [9.17, 15) is 13.2 Å². The first-order chi connectivity index (χ1) is 10.7. The summed E-state index contributed by atoms with van der Waals surface area (Å²) in [5.74, 6) is 4.63. The summed E-state index contributed by atoms with van der Waals surface area (Å²) in [7, 11) is -3.77. The molecular formula is C17H22N2O3S. The zero-order valence-corrected chi connectivity index (χ0v) is 14.4. The quantitative estimate of drug-likeness (QED) is 0.498. The Morgan fingerprint density at radius 1 is 1.17 bits per heavy atom. The standard InChI is InChI=1S/C17H22N2O3S/c1-12(2)11-17(16(20)19-18,23(3,21)22)15-10-6-8-13-7-4-5-9-14(13)15/h4-10,12H,11,18H2,1-3H3,(H,19,20). The van der Waals surface area contributed by atoms with Crippen molar-refractivity contribution in [1.82, 2.24) is 5.43 Å². The van der Waals surface area contributed by atoms with Crippen molar-refractivity contribution in [2.24, 2.45) is 11.8 Å². The van der Waals surface area contributed by atoms with Crippen molar-refractivity contribution in [3.63, 3.8) is 0 Å². The molecule has 2 aromatic carbocycles. The molecule has 0 bridgehead atoms. The minimum atomic E-state index is -3.77. The van der Waals surface area contributed by atoms with E-state index in [-0.39, 0.29) is 12.3 Å². The van der Waals surface area contributed by atoms with Crippen LogP contribution in [0.3, 0.4) is 0 Å². The van der Waals surface area contributed by atoms with E-state index in [1.807, 2.05) is 44.2 Å². The fourth-order valence-corrected chi connectivity index (χ4v) is 4.72. The average molecular weight is 334 g/mol. The Morgan fingerprint density at radius 3 is 2.35 bits per heavy atom. The zero-order chi connectivity index (χ0) is 17.3. The van der Waals surface area contributed by atoms with Crippen LogP contribution in [0.15, 0.2) is 42.5 Å². The van der Waals surface area contributed by atoms with E-state index in [1.165, 1.54) is 0 Å². The van der Waals surface area contributed by atoms with Crippen LogP contribution in [0.4, 0.5) is 0 Å². The summed E-state index contributed by atoms with van der Waals surface area (Å²) >= 11 is 0. The summed E-state index contributed by atoms with van der Waals surface area (Å²) in [6, 6.07) is 12.8. The lowest BCUT2D eigenvalue weighted by Crippen LogP contribution is -2.52. The van der Waals surface area contributed by atoms with Gasteiger partial charge in [-0.25, -0.2) is 14.3 Å². The maximum atomic E-state index is 12.7. The molecule has 0 aliphatic carbocycles. The van der Waals surface area contributed by atoms with Crippen molar-refractivity contribution in [2.45, 2.75) is 25.0 Å². The summed E-state index contributed by atoms with van der Waals surface area (Å²) in [5, 5.41) is 1.62. The first kappa shape index (κ1) is 17.4. The largest absolute Gasteiger partial charge is 0.293 e. The van der Waals surface area contributed by atoms with Crippen molar-refractivity contribution in [3.8, 4) is 0 Å². The molecule has 0 spiro atoms. The molecule has 0 saturated carbocycles. The van der Waals surface area contributed by atoms with Crippen molar-refractivity contribution >= 4 is 26.5 Å². The minimum absolute atomic E-state index is 0.0130. The molecule has 2 aromatic rings. The first-order valence-corrected chi connectivity index (χ1v) is 9.32. The highest BCUT2D eigenvalue weighted by Crippen LogP contribution is 2.40. The highest BCUT2D eigenvalue weighted by atomic mass is 32.2. The van der Waals surface area contributed by atoms with Crippen LogP contribution in [0.1, 0.15) is 25.8 Å². The van der Waals surface area contributed by atoms with Crippen molar-refractivity contribution < 1.29 is 13.2 Å². The molecule has 0 aliphatic heterocycles. The monoisotopic (exact) mass is 334 g/mol. The van der Waals surface area contributed by atoms with E-state index in [0.717, 1.165) is 17.0 Å². The summed E-state index contributed by atoms with van der Waals surface area (Å²) in [6.45, 7) is 3.77. The number of hydrogen-bond donors (Lipinski definition) is 2. The molecule has 0 aliphatic rings. The van der Waals surface area contributed by atoms with Gasteiger partial charge in [0.05, 0.1) is 0 Å². The number of hydrazine groups is 1. The molecule has 0 radical (unpaired) electrons. The molecule has 1 atom stereocenters. The van der Waals surface area contributed by atoms with Gasteiger partial charge in [-0.15, -0.1) is 0 Å². The predicted octanol–water partition coefficient (Wildman–Crippen LogP) is 2.12. The summed E-state index contributed by atoms with van der Waals surface area (Å²) < 4.78 is 23.7. The van der Waals surface area contributed by atoms with Crippen LogP contribution in [0.2, 0.25) is 0 Å². The number of carbonyl (C=O) groups excluding carboxylic acids is 1. The number of carbonyl (C=O) groups is 1. The Kier molecular flexibility index (Phi) is 4.77. The van der Waals surface area contributed by atoms with Gasteiger partial charge in [-0.1, -0.05) is 56.3 Å². The summed E-state index contributed by atoms with van der Waals surface area (Å²) in [4.78, 5) is 12.6. The zero-order valence-electron chi connectivity index (χ0n) is 13.5. The summed E-state index contributed by atoms with van der Waals surface area (Å²) in [6.07, 6.45) is 1.25. The maximum Gasteiger partial charge on any atom is 0.259 e. The first-order valence-electron chi connectivity index (χ1n) is 7.43. The van der Waals surface area contributed by atoms with E-state index in [4.69, 9.17) is 5.84 Å². The normalized spacial score (nSPS) is 14.7. The van der Waals surface area contributed by atoms with Crippen LogP contribution in [-0.2, 0) is 19.4 Å². The lowest BCUT2D eigenvalue weighted by atomic mass is 9.85. The third-order valence-electron chi connectivity index (χ3n) is 4.05. The van der Waals surface area contributed by atoms with Gasteiger partial charge < -0.3 is 0 Å². The number of nitrogens with one attached hydrogen (secondary N) is 1. The topological polar surface area (TPSA) is 89.3 Å². The number of hydrogen-bond acceptors (Lipinski definition) is 4. The average Bonchev–Trinajstić information content (AvgIpc) is 2.50. The highest BCUT2D eigenvalue weighted by Gasteiger charge is 2.50. The van der Waals surface area contributed by atoms with Crippen molar-refractivity contribution in [1.29, 1.82) is 0 Å². The van der Waals surface area contributed by atoms with Crippen LogP contribution in [0, 0.1) is 5.92 Å². The molecule has 5 nitrogen and oxygen atoms in total. The van der Waals surface area contributed by atoms with E-state index < -0.39 is 20.5 Å². The molecule has 0 saturated heterocycles. The molecule has 23 heavy (non-hydrogen) atoms. The Morgan fingerprint density at radius 2 is 1.78 bits per heavy atom. The van der Waals surface area contributed by atoms with Gasteiger partial charge in [-0.05, 0) is 28.7 Å². The minimum Gasteiger partial charge on any atom is -0.293 e. The number of rotatable bonds is 5. The second kappa shape index (κ2) is 6.29. The third kappa shape index (κ3) is 2.96. The van der Waals surface area contributed by atoms with Gasteiger partial charge in [0.1, 0.15) is 0 Å². The van der Waals surface area contributed by atoms with Gasteiger partial charge in [0.15, 0.2) is 14.6 Å². The van der Waals surface area contributed by atoms with Crippen LogP contribution in [0.5, 0.6) is 0 Å². The fourth-order valence-electron chi connectivity index (χ4n) is 3.11. The molecule has 6 heteroatoms. The second-order valence-corrected chi connectivity index (χ2v) is 8.44. The van der Waals surface area contributed by atoms with Crippen LogP contribution < -0.4 is 11.3 Å². The SMILES string of the molecule is CC(C)CC(C(=O)NN)(c1cccc2ccccc12)S(C)(=O)=O. The third-order valence-corrected chi connectivity index (χ3v) is 5.89. The van der Waals surface area contributed by atoms with Gasteiger partial charge in [0, 0.05) is 6.26 Å². The second-order valence-electron chi connectivity index (χ2n) is 6.20. The fraction of sp³-hybridized carbons (Fsp3) is 0.353. The number of benzene rings is 2. The van der Waals surface area contributed by atoms with Gasteiger partial charge in [-0.3, -0.25) is 10.2 Å². The van der Waals surface area contributed by atoms with Gasteiger partial charge in [0.2, 0.25) is 0 Å². The Hall–Kier alpha value is -1.92. The van der Waals surface area contributed by atoms with Gasteiger partial charge in [0.25, 0.3) is 5.91 Å². The highest BCUT2D eigenvalue weighted by molar-refractivity contribution is 7.92. The van der Waals surface area contributed by atoms with Crippen LogP contribution in [0.25, 0.3) is 10.8 Å². The number of nitrogens with two attached hydrogens (primary N) is 1. The maximum absolute atomic E-state index is 12.7. The Labute approximate surface area is 136 Å². The molecule has 0 aromatic heterocycles. The van der Waals surface area contributed by atoms with E-state index in [1.54, 1.807) is 12.1 Å². The van der Waals surface area contributed by atoms with E-state index in [2.05, 4.69) is 5.43 Å². The molecule has 0 fully saturated rings. The molecule has 2 rings (SSSR count). The Bertz CT molecular complexity index is 825. The molecular weight excluding hydrogens is 312 g/mol. The molecule has 0 heterocycles. The lowest BCUT2D eigenvalue weighted by Gasteiger charge is -2.33. The van der Waals surface area contributed by atoms with Gasteiger partial charge in [-0.2, -0.15) is 0 Å².